The summed E-state index contributed by atoms with van der Waals surface area (Å²) in [5.74, 6) is -1.80. The monoisotopic (exact) mass is 354 g/mol. The van der Waals surface area contributed by atoms with E-state index in [4.69, 9.17) is 17.3 Å². The number of aromatic hydroxyl groups is 1. The van der Waals surface area contributed by atoms with E-state index in [2.05, 4.69) is 15.2 Å². The summed E-state index contributed by atoms with van der Waals surface area (Å²) in [5.41, 5.74) is 5.71. The van der Waals surface area contributed by atoms with E-state index in [0.717, 1.165) is 12.1 Å². The Bertz CT molecular complexity index is 849. The molecule has 0 amide bonds. The van der Waals surface area contributed by atoms with Crippen LogP contribution in [-0.4, -0.2) is 10.9 Å². The number of aliphatic imine (C=N–C) groups is 1. The summed E-state index contributed by atoms with van der Waals surface area (Å²) >= 11 is 5.88. The van der Waals surface area contributed by atoms with Gasteiger partial charge in [-0.05, 0) is 30.3 Å². The van der Waals surface area contributed by atoms with E-state index in [1.54, 1.807) is 0 Å². The molecule has 3 N–H and O–H groups in total. The van der Waals surface area contributed by atoms with Crippen LogP contribution in [0.2, 0.25) is 5.02 Å². The van der Waals surface area contributed by atoms with Crippen molar-refractivity contribution in [2.24, 2.45) is 21.0 Å². The van der Waals surface area contributed by atoms with E-state index in [1.807, 2.05) is 0 Å². The molecule has 1 aliphatic rings. The van der Waals surface area contributed by atoms with Gasteiger partial charge in [0.25, 0.3) is 5.79 Å². The fourth-order valence-electron chi connectivity index (χ4n) is 2.18. The van der Waals surface area contributed by atoms with Gasteiger partial charge in [0.2, 0.25) is 0 Å². The van der Waals surface area contributed by atoms with E-state index in [0.29, 0.717) is 10.6 Å². The molecule has 1 heterocycles. The minimum Gasteiger partial charge on any atom is -0.507 e. The Kier molecular flexibility index (Phi) is 3.81. The quantitative estimate of drug-likeness (QED) is 0.852. The van der Waals surface area contributed by atoms with E-state index in [-0.39, 0.29) is 17.1 Å². The van der Waals surface area contributed by atoms with E-state index >= 15 is 0 Å². The summed E-state index contributed by atoms with van der Waals surface area (Å²) in [6.45, 7) is 0. The molecule has 0 saturated heterocycles. The average molecular weight is 355 g/mol. The normalized spacial score (nSPS) is 20.3. The maximum absolute atomic E-state index is 12.6. The van der Waals surface area contributed by atoms with Gasteiger partial charge in [-0.2, -0.15) is 13.2 Å². The summed E-state index contributed by atoms with van der Waals surface area (Å²) in [4.78, 5) is 4.12. The maximum atomic E-state index is 12.6. The molecule has 1 unspecified atom stereocenters. The van der Waals surface area contributed by atoms with Crippen molar-refractivity contribution in [3.63, 3.8) is 0 Å². The third kappa shape index (κ3) is 2.98. The Morgan fingerprint density at radius 2 is 1.75 bits per heavy atom. The second-order valence-corrected chi connectivity index (χ2v) is 5.53. The Labute approximate surface area is 139 Å². The first-order chi connectivity index (χ1) is 11.2. The van der Waals surface area contributed by atoms with Gasteiger partial charge in [0.1, 0.15) is 5.75 Å². The number of alkyl halides is 3. The van der Waals surface area contributed by atoms with Gasteiger partial charge < -0.3 is 5.11 Å². The topological polar surface area (TPSA) is 83.3 Å². The van der Waals surface area contributed by atoms with Crippen LogP contribution in [-0.2, 0) is 12.0 Å². The minimum absolute atomic E-state index is 0.0607. The number of hydrogen-bond donors (Lipinski definition) is 2. The molecule has 9 heteroatoms. The van der Waals surface area contributed by atoms with Gasteiger partial charge in [0.15, 0.2) is 5.84 Å². The van der Waals surface area contributed by atoms with Gasteiger partial charge in [-0.15, -0.1) is 10.2 Å². The van der Waals surface area contributed by atoms with Crippen LogP contribution in [0.5, 0.6) is 5.75 Å². The highest BCUT2D eigenvalue weighted by Crippen LogP contribution is 2.36. The second kappa shape index (κ2) is 5.57. The third-order valence-electron chi connectivity index (χ3n) is 3.40. The molecule has 5 nitrogen and oxygen atoms in total. The predicted molar refractivity (Wildman–Crippen MR) is 81.8 cm³/mol. The molecule has 2 aromatic rings. The van der Waals surface area contributed by atoms with Gasteiger partial charge in [-0.25, -0.2) is 4.99 Å². The number of amidine groups is 1. The minimum atomic E-state index is -4.43. The van der Waals surface area contributed by atoms with Crippen LogP contribution in [0.25, 0.3) is 0 Å². The smallest absolute Gasteiger partial charge is 0.416 e. The van der Waals surface area contributed by atoms with Crippen LogP contribution in [0.3, 0.4) is 0 Å². The van der Waals surface area contributed by atoms with Crippen molar-refractivity contribution in [1.29, 1.82) is 0 Å². The van der Waals surface area contributed by atoms with Gasteiger partial charge in [-0.3, -0.25) is 5.73 Å². The van der Waals surface area contributed by atoms with Crippen LogP contribution in [0.15, 0.2) is 57.7 Å². The number of nitrogens with zero attached hydrogens (tertiary/aromatic N) is 3. The van der Waals surface area contributed by atoms with Crippen molar-refractivity contribution in [2.45, 2.75) is 12.0 Å². The second-order valence-electron chi connectivity index (χ2n) is 5.10. The van der Waals surface area contributed by atoms with Crippen molar-refractivity contribution in [3.8, 4) is 5.75 Å². The lowest BCUT2D eigenvalue weighted by atomic mass is 10.1. The largest absolute Gasteiger partial charge is 0.507 e. The van der Waals surface area contributed by atoms with Crippen LogP contribution in [0, 0.1) is 0 Å². The van der Waals surface area contributed by atoms with Gasteiger partial charge in [0.05, 0.1) is 11.1 Å². The molecule has 0 radical (unpaired) electrons. The molecule has 0 spiro atoms. The predicted octanol–water partition coefficient (Wildman–Crippen LogP) is 4.05. The molecule has 2 aromatic carbocycles. The first-order valence-electron chi connectivity index (χ1n) is 6.67. The van der Waals surface area contributed by atoms with Crippen molar-refractivity contribution < 1.29 is 18.3 Å². The number of halogens is 4. The molecule has 124 valence electrons. The lowest BCUT2D eigenvalue weighted by Crippen LogP contribution is -2.30. The standard InChI is InChI=1S/C15H10ClF3N4O/c16-10-5-6-12(24)11(7-10)15(20)21-13(22-23-15)8-1-3-9(4-2-8)14(17,18)19/h1-7,24H,20H2. The fourth-order valence-corrected chi connectivity index (χ4v) is 2.35. The molecule has 0 saturated carbocycles. The molecule has 0 aromatic heterocycles. The zero-order valence-electron chi connectivity index (χ0n) is 11.9. The summed E-state index contributed by atoms with van der Waals surface area (Å²) < 4.78 is 37.8. The number of phenolic OH excluding ortho intramolecular Hbond substituents is 1. The number of nitrogens with two attached hydrogens (primary N) is 1. The molecular formula is C15H10ClF3N4O. The maximum Gasteiger partial charge on any atom is 0.416 e. The Hall–Kier alpha value is -2.45. The van der Waals surface area contributed by atoms with E-state index in [9.17, 15) is 18.3 Å². The van der Waals surface area contributed by atoms with Crippen molar-refractivity contribution >= 4 is 17.4 Å². The summed E-state index contributed by atoms with van der Waals surface area (Å²) in [6.07, 6.45) is -4.43. The number of azo groups is 1. The zero-order chi connectivity index (χ0) is 17.5. The average Bonchev–Trinajstić information content (AvgIpc) is 2.92. The van der Waals surface area contributed by atoms with Crippen LogP contribution < -0.4 is 5.73 Å². The highest BCUT2D eigenvalue weighted by Gasteiger charge is 2.35. The Morgan fingerprint density at radius 1 is 1.08 bits per heavy atom. The highest BCUT2D eigenvalue weighted by molar-refractivity contribution is 6.30. The Morgan fingerprint density at radius 3 is 2.38 bits per heavy atom. The van der Waals surface area contributed by atoms with Gasteiger partial charge in [-0.1, -0.05) is 23.7 Å². The van der Waals surface area contributed by atoms with E-state index < -0.39 is 17.5 Å². The molecular weight excluding hydrogens is 345 g/mol. The number of rotatable bonds is 2. The lowest BCUT2D eigenvalue weighted by molar-refractivity contribution is -0.137. The summed E-state index contributed by atoms with van der Waals surface area (Å²) in [7, 11) is 0. The van der Waals surface area contributed by atoms with Crippen molar-refractivity contribution in [2.75, 3.05) is 0 Å². The third-order valence-corrected chi connectivity index (χ3v) is 3.63. The SMILES string of the molecule is NC1(c2cc(Cl)ccc2O)N=NC(c2ccc(C(F)(F)F)cc2)=N1. The van der Waals surface area contributed by atoms with Gasteiger partial charge in [0, 0.05) is 10.6 Å². The van der Waals surface area contributed by atoms with Crippen LogP contribution in [0.1, 0.15) is 16.7 Å². The molecule has 1 atom stereocenters. The van der Waals surface area contributed by atoms with Crippen molar-refractivity contribution in [1.82, 2.24) is 0 Å². The number of phenols is 1. The lowest BCUT2D eigenvalue weighted by Gasteiger charge is -2.17. The van der Waals surface area contributed by atoms with Crippen LogP contribution in [0.4, 0.5) is 13.2 Å². The summed E-state index contributed by atoms with van der Waals surface area (Å²) in [6, 6.07) is 8.49. The number of hydrogen-bond acceptors (Lipinski definition) is 5. The van der Waals surface area contributed by atoms with E-state index in [1.165, 1.54) is 30.3 Å². The summed E-state index contributed by atoms with van der Waals surface area (Å²) in [5, 5.41) is 17.9. The molecule has 24 heavy (non-hydrogen) atoms. The molecule has 0 aliphatic carbocycles. The molecule has 0 fully saturated rings. The van der Waals surface area contributed by atoms with Crippen molar-refractivity contribution in [3.05, 3.63) is 64.2 Å². The first-order valence-corrected chi connectivity index (χ1v) is 7.05. The van der Waals surface area contributed by atoms with Gasteiger partial charge >= 0.3 is 6.18 Å². The first kappa shape index (κ1) is 16.4. The fraction of sp³-hybridized carbons (Fsp3) is 0.133. The molecule has 0 bridgehead atoms. The highest BCUT2D eigenvalue weighted by atomic mass is 35.5. The van der Waals surface area contributed by atoms with Crippen LogP contribution >= 0.6 is 11.6 Å². The molecule has 1 aliphatic heterocycles. The molecule has 3 rings (SSSR count). The zero-order valence-corrected chi connectivity index (χ0v) is 12.7. The number of benzene rings is 2. The Balaban J connectivity index is 1.96.